The Kier molecular flexibility index (Phi) is 26.4. The predicted octanol–water partition coefficient (Wildman–Crippen LogP) is 0.573. The van der Waals surface area contributed by atoms with E-state index in [-0.39, 0.29) is 62.8 Å². The quantitative estimate of drug-likeness (QED) is 0.178. The molecule has 8 rings (SSSR count). The molecule has 0 saturated carbocycles. The van der Waals surface area contributed by atoms with E-state index in [1.165, 1.54) is 0 Å². The van der Waals surface area contributed by atoms with Gasteiger partial charge < -0.3 is 52.7 Å². The first-order valence-electron chi connectivity index (χ1n) is 15.1. The third-order valence-electron chi connectivity index (χ3n) is 7.07. The van der Waals surface area contributed by atoms with E-state index in [2.05, 4.69) is 68.5 Å². The minimum Gasteiger partial charge on any atom is -0.550 e. The van der Waals surface area contributed by atoms with Gasteiger partial charge in [0.15, 0.2) is 0 Å². The first-order chi connectivity index (χ1) is 23.5. The fourth-order valence-corrected chi connectivity index (χ4v) is 4.88. The molecule has 0 aliphatic heterocycles. The van der Waals surface area contributed by atoms with Crippen molar-refractivity contribution in [2.24, 2.45) is 0 Å². The molecule has 0 unspecified atom stereocenters. The van der Waals surface area contributed by atoms with Gasteiger partial charge in [-0.15, -0.1) is 0 Å². The van der Waals surface area contributed by atoms with Gasteiger partial charge in [-0.1, -0.05) is 109 Å². The molecule has 0 aliphatic rings. The molecule has 4 aromatic heterocycles. The second-order valence-corrected chi connectivity index (χ2v) is 10.5. The van der Waals surface area contributed by atoms with Crippen molar-refractivity contribution < 1.29 is 69.7 Å². The minimum absolute atomic E-state index is 0. The topological polar surface area (TPSA) is 321 Å². The zero-order valence-electron chi connectivity index (χ0n) is 29.1. The summed E-state index contributed by atoms with van der Waals surface area (Å²) in [5.41, 5.74) is 5.47. The van der Waals surface area contributed by atoms with Gasteiger partial charge in [-0.25, -0.2) is 0 Å². The molecule has 55 heavy (non-hydrogen) atoms. The molecule has 0 atom stereocenters. The number of rotatable bonds is 4. The maximum Gasteiger partial charge on any atom is 2.00 e. The molecule has 8 aromatic rings. The molecule has 14 nitrogen and oxygen atoms in total. The number of aromatic nitrogens is 4. The van der Waals surface area contributed by atoms with Gasteiger partial charge >= 0.3 is 17.1 Å². The Morgan fingerprint density at radius 3 is 0.818 bits per heavy atom. The summed E-state index contributed by atoms with van der Waals surface area (Å²) in [6.45, 7) is 0. The Bertz CT molecular complexity index is 2010. The summed E-state index contributed by atoms with van der Waals surface area (Å²) in [5, 5.41) is 24.7. The number of hydrogen-bond acceptors (Lipinski definition) is 8. The molecule has 0 saturated heterocycles. The van der Waals surface area contributed by atoms with E-state index in [1.807, 2.05) is 36.4 Å². The van der Waals surface area contributed by atoms with E-state index in [9.17, 15) is 19.8 Å². The van der Waals surface area contributed by atoms with Crippen LogP contribution in [0.5, 0.6) is 0 Å². The van der Waals surface area contributed by atoms with Crippen LogP contribution in [-0.4, -0.2) is 64.7 Å². The Morgan fingerprint density at radius 2 is 0.600 bits per heavy atom. The second kappa shape index (κ2) is 27.4. The molecule has 4 heterocycles. The Hall–Kier alpha value is -6.26. The van der Waals surface area contributed by atoms with Crippen LogP contribution in [-0.2, 0) is 39.5 Å². The van der Waals surface area contributed by atoms with Crippen molar-refractivity contribution in [2.75, 3.05) is 0 Å². The van der Waals surface area contributed by atoms with Gasteiger partial charge in [-0.3, -0.25) is 19.9 Å². The van der Waals surface area contributed by atoms with Crippen LogP contribution in [0.2, 0.25) is 0 Å². The van der Waals surface area contributed by atoms with Crippen molar-refractivity contribution >= 4 is 55.6 Å². The van der Waals surface area contributed by atoms with E-state index in [1.54, 1.807) is 73.3 Å². The largest absolute Gasteiger partial charge is 2.00 e. The molecule has 4 aromatic carbocycles. The fraction of sp³-hybridized carbons (Fsp3) is 0.0500. The smallest absolute Gasteiger partial charge is 0.550 e. The summed E-state index contributed by atoms with van der Waals surface area (Å²) in [4.78, 5) is 37.5. The van der Waals surface area contributed by atoms with Crippen LogP contribution >= 0.6 is 0 Å². The molecule has 1 radical (unpaired) electrons. The van der Waals surface area contributed by atoms with Crippen molar-refractivity contribution in [1.29, 1.82) is 0 Å². The van der Waals surface area contributed by atoms with Gasteiger partial charge in [-0.2, -0.15) is 0 Å². The van der Waals surface area contributed by atoms with Gasteiger partial charge in [0, 0.05) is 71.1 Å². The van der Waals surface area contributed by atoms with Crippen LogP contribution in [0.3, 0.4) is 0 Å². The monoisotopic (exact) mass is 801 g/mol. The van der Waals surface area contributed by atoms with E-state index < -0.39 is 11.9 Å². The van der Waals surface area contributed by atoms with Gasteiger partial charge in [0.2, 0.25) is 0 Å². The van der Waals surface area contributed by atoms with Crippen LogP contribution < -0.4 is 10.2 Å². The van der Waals surface area contributed by atoms with Gasteiger partial charge in [0.25, 0.3) is 0 Å². The molecule has 12 N–H and O–H groups in total. The van der Waals surface area contributed by atoms with Crippen molar-refractivity contribution in [3.8, 4) is 0 Å². The summed E-state index contributed by atoms with van der Waals surface area (Å²) >= 11 is 0. The van der Waals surface area contributed by atoms with E-state index in [0.29, 0.717) is 0 Å². The molecular weight excluding hydrogens is 760 g/mol. The van der Waals surface area contributed by atoms with E-state index in [4.69, 9.17) is 0 Å². The maximum atomic E-state index is 10.1. The minimum atomic E-state index is -1.04. The first-order valence-corrected chi connectivity index (χ1v) is 15.1. The Labute approximate surface area is 326 Å². The fourth-order valence-electron chi connectivity index (χ4n) is 4.88. The standard InChI is InChI=1S/2C12H8N2.2C8H8O2.Cu.6H2O/c2*1-3-9-5-6-10-4-2-8-14-12(10)11(9)13-7-1;2*9-8(10)6-7-4-2-1-3-5-7;;;;;;;/h2*1-8H;2*1-5H,6H2,(H,9,10);;6*1H2/q;;;;+2;;;;;;/p-2. The summed E-state index contributed by atoms with van der Waals surface area (Å²) in [6.07, 6.45) is 7.21. The third-order valence-corrected chi connectivity index (χ3v) is 7.07. The van der Waals surface area contributed by atoms with Crippen LogP contribution in [0, 0.1) is 0 Å². The Balaban J connectivity index is -0.000000637. The first kappa shape index (κ1) is 53.1. The predicted molar refractivity (Wildman–Crippen MR) is 206 cm³/mol. The number of carbonyl (C=O) groups excluding carboxylic acids is 2. The molecule has 0 aliphatic carbocycles. The average Bonchev–Trinajstić information content (AvgIpc) is 3.13. The molecule has 0 amide bonds. The molecule has 0 fully saturated rings. The van der Waals surface area contributed by atoms with E-state index >= 15 is 0 Å². The van der Waals surface area contributed by atoms with E-state index in [0.717, 1.165) is 54.7 Å². The van der Waals surface area contributed by atoms with Crippen LogP contribution in [0.4, 0.5) is 0 Å². The second-order valence-electron chi connectivity index (χ2n) is 10.5. The molecular formula is C40H42CuN4O10. The van der Waals surface area contributed by atoms with Crippen molar-refractivity contribution in [2.45, 2.75) is 12.8 Å². The number of nitrogens with zero attached hydrogens (tertiary/aromatic N) is 4. The average molecular weight is 802 g/mol. The van der Waals surface area contributed by atoms with Crippen LogP contribution in [0.15, 0.2) is 158 Å². The maximum absolute atomic E-state index is 10.1. The third kappa shape index (κ3) is 15.7. The number of carboxylic acids is 2. The van der Waals surface area contributed by atoms with Crippen molar-refractivity contribution in [3.05, 3.63) is 169 Å². The van der Waals surface area contributed by atoms with Crippen molar-refractivity contribution in [1.82, 2.24) is 19.9 Å². The Morgan fingerprint density at radius 1 is 0.364 bits per heavy atom. The molecule has 0 bridgehead atoms. The van der Waals surface area contributed by atoms with Crippen LogP contribution in [0.25, 0.3) is 43.6 Å². The summed E-state index contributed by atoms with van der Waals surface area (Å²) < 4.78 is 0. The number of pyridine rings is 4. The summed E-state index contributed by atoms with van der Waals surface area (Å²) in [7, 11) is 0. The summed E-state index contributed by atoms with van der Waals surface area (Å²) in [6, 6.07) is 42.2. The normalized spacial score (nSPS) is 8.87. The van der Waals surface area contributed by atoms with Gasteiger partial charge in [0.1, 0.15) is 0 Å². The molecule has 293 valence electrons. The van der Waals surface area contributed by atoms with Gasteiger partial charge in [-0.05, 0) is 35.4 Å². The SMILES string of the molecule is O.O.O.O.O.O.O=C([O-])Cc1ccccc1.O=C([O-])Cc1ccccc1.[Cu+2].c1cnc2c(c1)ccc1cccnc12.c1cnc2c(c1)ccc1cccnc12. The van der Waals surface area contributed by atoms with Crippen LogP contribution in [0.1, 0.15) is 11.1 Å². The molecule has 15 heteroatoms. The number of aliphatic carboxylic acids is 2. The zero-order valence-corrected chi connectivity index (χ0v) is 30.1. The number of benzene rings is 4. The number of carbonyl (C=O) groups is 2. The number of fused-ring (bicyclic) bond motifs is 6. The molecule has 0 spiro atoms. The number of hydrogen-bond donors (Lipinski definition) is 0. The van der Waals surface area contributed by atoms with Gasteiger partial charge in [0.05, 0.1) is 22.1 Å². The summed E-state index contributed by atoms with van der Waals surface area (Å²) in [5.74, 6) is -2.07. The number of carboxylic acid groups (broad SMARTS) is 2. The van der Waals surface area contributed by atoms with Crippen molar-refractivity contribution in [3.63, 3.8) is 0 Å². The zero-order chi connectivity index (χ0) is 33.6.